The molecule has 49 heavy (non-hydrogen) atoms. The van der Waals surface area contributed by atoms with Crippen LogP contribution in [0, 0.1) is 0 Å². The maximum absolute atomic E-state index is 6.59. The van der Waals surface area contributed by atoms with Crippen LogP contribution in [0.5, 0.6) is 0 Å². The van der Waals surface area contributed by atoms with E-state index in [0.29, 0.717) is 0 Å². The van der Waals surface area contributed by atoms with E-state index in [-0.39, 0.29) is 0 Å². The van der Waals surface area contributed by atoms with E-state index >= 15 is 0 Å². The molecule has 0 unspecified atom stereocenters. The van der Waals surface area contributed by atoms with E-state index in [1.807, 2.05) is 0 Å². The van der Waals surface area contributed by atoms with E-state index in [2.05, 4.69) is 191 Å². The number of furan rings is 1. The average Bonchev–Trinajstić information content (AvgIpc) is 3.71. The lowest BCUT2D eigenvalue weighted by Gasteiger charge is -2.25. The Kier molecular flexibility index (Phi) is 6.18. The Bertz CT molecular complexity index is 2770. The zero-order chi connectivity index (χ0) is 32.3. The van der Waals surface area contributed by atoms with Gasteiger partial charge in [-0.25, -0.2) is 0 Å². The lowest BCUT2D eigenvalue weighted by molar-refractivity contribution is 0.669. The molecule has 0 spiro atoms. The molecule has 0 aliphatic carbocycles. The molecule has 0 atom stereocenters. The molecule has 10 rings (SSSR count). The smallest absolute Gasteiger partial charge is 0.137 e. The molecule has 0 fully saturated rings. The third kappa shape index (κ3) is 4.37. The minimum atomic E-state index is 0.871. The summed E-state index contributed by atoms with van der Waals surface area (Å²) in [4.78, 5) is 2.27. The minimum Gasteiger partial charge on any atom is -0.456 e. The van der Waals surface area contributed by atoms with Gasteiger partial charge >= 0.3 is 0 Å². The van der Waals surface area contributed by atoms with Crippen LogP contribution in [0.2, 0.25) is 0 Å². The molecule has 8 aromatic carbocycles. The molecule has 0 N–H and O–H groups in total. The fourth-order valence-corrected chi connectivity index (χ4v) is 7.61. The van der Waals surface area contributed by atoms with Gasteiger partial charge in [0, 0.05) is 50.4 Å². The second-order valence-corrected chi connectivity index (χ2v) is 12.5. The van der Waals surface area contributed by atoms with E-state index in [4.69, 9.17) is 4.42 Å². The van der Waals surface area contributed by atoms with Crippen LogP contribution in [0.15, 0.2) is 186 Å². The fourth-order valence-electron chi connectivity index (χ4n) is 7.61. The summed E-state index contributed by atoms with van der Waals surface area (Å²) in [5.41, 5.74) is 11.0. The van der Waals surface area contributed by atoms with Crippen LogP contribution in [0.25, 0.3) is 71.3 Å². The summed E-state index contributed by atoms with van der Waals surface area (Å²) in [6, 6.07) is 64.8. The molecule has 2 heterocycles. The first-order chi connectivity index (χ1) is 24.3. The van der Waals surface area contributed by atoms with Crippen LogP contribution in [-0.2, 0) is 0 Å². The number of aromatic nitrogens is 1. The number of para-hydroxylation sites is 4. The number of rotatable bonds is 5. The number of fused-ring (bicyclic) bond motifs is 8. The Morgan fingerprint density at radius 2 is 1.02 bits per heavy atom. The van der Waals surface area contributed by atoms with Gasteiger partial charge in [-0.2, -0.15) is 0 Å². The molecule has 2 aromatic heterocycles. The molecule has 0 amide bonds. The first-order valence-corrected chi connectivity index (χ1v) is 16.7. The predicted octanol–water partition coefficient (Wildman–Crippen LogP) is 13.0. The zero-order valence-electron chi connectivity index (χ0n) is 26.6. The van der Waals surface area contributed by atoms with Crippen molar-refractivity contribution in [1.82, 2.24) is 4.57 Å². The first kappa shape index (κ1) is 27.5. The summed E-state index contributed by atoms with van der Waals surface area (Å²) in [5, 5.41) is 7.16. The monoisotopic (exact) mass is 626 g/mol. The summed E-state index contributed by atoms with van der Waals surface area (Å²) < 4.78 is 8.98. The van der Waals surface area contributed by atoms with Crippen LogP contribution >= 0.6 is 0 Å². The molecule has 10 aromatic rings. The van der Waals surface area contributed by atoms with Gasteiger partial charge in [0.05, 0.1) is 11.0 Å². The van der Waals surface area contributed by atoms with Crippen LogP contribution in [0.3, 0.4) is 0 Å². The number of nitrogens with zero attached hydrogens (tertiary/aromatic N) is 2. The minimum absolute atomic E-state index is 0.871. The highest BCUT2D eigenvalue weighted by Gasteiger charge is 2.18. The molecule has 0 aliphatic heterocycles. The lowest BCUT2D eigenvalue weighted by Crippen LogP contribution is -2.09. The van der Waals surface area contributed by atoms with Crippen molar-refractivity contribution in [3.8, 4) is 16.8 Å². The third-order valence-corrected chi connectivity index (χ3v) is 9.76. The molecule has 3 heteroatoms. The van der Waals surface area contributed by atoms with Gasteiger partial charge in [-0.15, -0.1) is 0 Å². The van der Waals surface area contributed by atoms with E-state index in [9.17, 15) is 0 Å². The number of benzene rings is 8. The molecule has 3 nitrogen and oxygen atoms in total. The highest BCUT2D eigenvalue weighted by Crippen LogP contribution is 2.42. The Morgan fingerprint density at radius 3 is 1.80 bits per heavy atom. The van der Waals surface area contributed by atoms with Crippen LogP contribution in [0.1, 0.15) is 0 Å². The predicted molar refractivity (Wildman–Crippen MR) is 206 cm³/mol. The second kappa shape index (κ2) is 11.0. The second-order valence-electron chi connectivity index (χ2n) is 12.5. The summed E-state index contributed by atoms with van der Waals surface area (Å²) in [6.07, 6.45) is 0. The van der Waals surface area contributed by atoms with Gasteiger partial charge in [0.2, 0.25) is 0 Å². The molecular formula is C46H30N2O. The molecular weight excluding hydrogens is 597 g/mol. The van der Waals surface area contributed by atoms with Gasteiger partial charge in [-0.1, -0.05) is 109 Å². The van der Waals surface area contributed by atoms with E-state index in [1.165, 1.54) is 43.7 Å². The van der Waals surface area contributed by atoms with Crippen molar-refractivity contribution in [3.63, 3.8) is 0 Å². The van der Waals surface area contributed by atoms with Crippen molar-refractivity contribution < 1.29 is 4.42 Å². The largest absolute Gasteiger partial charge is 0.456 e. The van der Waals surface area contributed by atoms with Gasteiger partial charge in [0.1, 0.15) is 11.2 Å². The average molecular weight is 627 g/mol. The zero-order valence-corrected chi connectivity index (χ0v) is 26.6. The fraction of sp³-hybridized carbons (Fsp3) is 0. The number of hydrogen-bond donors (Lipinski definition) is 0. The molecule has 0 saturated carbocycles. The highest BCUT2D eigenvalue weighted by molar-refractivity contribution is 6.21. The van der Waals surface area contributed by atoms with Gasteiger partial charge in [0.25, 0.3) is 0 Å². The molecule has 0 saturated heterocycles. The van der Waals surface area contributed by atoms with Crippen molar-refractivity contribution >= 4 is 71.6 Å². The lowest BCUT2D eigenvalue weighted by atomic mass is 9.95. The summed E-state index contributed by atoms with van der Waals surface area (Å²) >= 11 is 0. The summed E-state index contributed by atoms with van der Waals surface area (Å²) in [7, 11) is 0. The topological polar surface area (TPSA) is 21.3 Å². The van der Waals surface area contributed by atoms with Crippen LogP contribution < -0.4 is 4.90 Å². The van der Waals surface area contributed by atoms with Crippen molar-refractivity contribution in [2.75, 3.05) is 4.90 Å². The van der Waals surface area contributed by atoms with E-state index in [0.717, 1.165) is 44.7 Å². The normalized spacial score (nSPS) is 11.7. The Balaban J connectivity index is 1.15. The van der Waals surface area contributed by atoms with Gasteiger partial charge in [-0.05, 0) is 88.6 Å². The van der Waals surface area contributed by atoms with E-state index in [1.54, 1.807) is 0 Å². The number of hydrogen-bond acceptors (Lipinski definition) is 2. The van der Waals surface area contributed by atoms with E-state index < -0.39 is 0 Å². The Hall–Kier alpha value is -6.58. The Morgan fingerprint density at radius 1 is 0.388 bits per heavy atom. The van der Waals surface area contributed by atoms with Gasteiger partial charge < -0.3 is 13.9 Å². The van der Waals surface area contributed by atoms with Crippen LogP contribution in [-0.4, -0.2) is 4.57 Å². The van der Waals surface area contributed by atoms with Crippen molar-refractivity contribution in [2.45, 2.75) is 0 Å². The standard InChI is InChI=1S/C46H30N2O/c1-4-13-32(14-5-1)47(33-15-6-2-7-16-33)35-24-26-41-45(30-35)49-44-28-27-37-36(20-12-21-40(37)46(41)44)31-23-25-39-38-19-10-11-22-42(38)48(43(39)29-31)34-17-8-3-9-18-34/h1-30H. The third-order valence-electron chi connectivity index (χ3n) is 9.76. The quantitative estimate of drug-likeness (QED) is 0.190. The maximum Gasteiger partial charge on any atom is 0.137 e. The molecule has 0 aliphatic rings. The van der Waals surface area contributed by atoms with Crippen molar-refractivity contribution in [1.29, 1.82) is 0 Å². The highest BCUT2D eigenvalue weighted by atomic mass is 16.3. The van der Waals surface area contributed by atoms with Gasteiger partial charge in [0.15, 0.2) is 0 Å². The van der Waals surface area contributed by atoms with Crippen molar-refractivity contribution in [3.05, 3.63) is 182 Å². The number of anilines is 3. The van der Waals surface area contributed by atoms with Crippen LogP contribution in [0.4, 0.5) is 17.1 Å². The first-order valence-electron chi connectivity index (χ1n) is 16.7. The summed E-state index contributed by atoms with van der Waals surface area (Å²) in [5.74, 6) is 0. The molecule has 0 radical (unpaired) electrons. The molecule has 230 valence electrons. The van der Waals surface area contributed by atoms with Gasteiger partial charge in [-0.3, -0.25) is 0 Å². The summed E-state index contributed by atoms with van der Waals surface area (Å²) in [6.45, 7) is 0. The SMILES string of the molecule is c1ccc(N(c2ccccc2)c2ccc3c(c2)oc2ccc4c(-c5ccc6c7ccccc7n(-c7ccccc7)c6c5)cccc4c23)cc1. The Labute approximate surface area is 283 Å². The molecule has 0 bridgehead atoms. The van der Waals surface area contributed by atoms with Crippen molar-refractivity contribution in [2.24, 2.45) is 0 Å². The maximum atomic E-state index is 6.59.